The van der Waals surface area contributed by atoms with Crippen LogP contribution in [0.3, 0.4) is 0 Å². The lowest BCUT2D eigenvalue weighted by Crippen LogP contribution is -2.02. The van der Waals surface area contributed by atoms with Crippen LogP contribution in [0.4, 0.5) is 0 Å². The highest BCUT2D eigenvalue weighted by molar-refractivity contribution is 6.61. The average molecular weight is 425 g/mol. The number of Topliss-reactive ketones (excluding diaryl/α,β-unsaturated/α-hetero) is 1. The van der Waals surface area contributed by atoms with Crippen molar-refractivity contribution in [1.29, 1.82) is 0 Å². The van der Waals surface area contributed by atoms with Crippen LogP contribution < -0.4 is 0 Å². The maximum atomic E-state index is 13.8. The van der Waals surface area contributed by atoms with Gasteiger partial charge in [0.25, 0.3) is 0 Å². The van der Waals surface area contributed by atoms with Gasteiger partial charge in [-0.2, -0.15) is 0 Å². The van der Waals surface area contributed by atoms with E-state index >= 15 is 0 Å². The van der Waals surface area contributed by atoms with Crippen molar-refractivity contribution in [2.75, 3.05) is 0 Å². The Morgan fingerprint density at radius 1 is 0.500 bits per heavy atom. The van der Waals surface area contributed by atoms with Crippen molar-refractivity contribution in [3.05, 3.63) is 117 Å². The van der Waals surface area contributed by atoms with Crippen LogP contribution in [0.2, 0.25) is 10.0 Å². The Morgan fingerprint density at radius 2 is 0.933 bits per heavy atom. The Morgan fingerprint density at radius 3 is 1.37 bits per heavy atom. The lowest BCUT2D eigenvalue weighted by atomic mass is 9.93. The number of hydrogen-bond acceptors (Lipinski definition) is 1. The van der Waals surface area contributed by atoms with Crippen molar-refractivity contribution in [2.24, 2.45) is 0 Å². The fraction of sp³-hybridized carbons (Fsp3) is 0. The summed E-state index contributed by atoms with van der Waals surface area (Å²) >= 11 is 12.2. The predicted molar refractivity (Wildman–Crippen MR) is 125 cm³/mol. The highest BCUT2D eigenvalue weighted by Crippen LogP contribution is 2.56. The molecule has 0 aromatic heterocycles. The molecule has 0 N–H and O–H groups in total. The van der Waals surface area contributed by atoms with Gasteiger partial charge in [0.1, 0.15) is 0 Å². The van der Waals surface area contributed by atoms with E-state index in [1.165, 1.54) is 10.8 Å². The highest BCUT2D eigenvalue weighted by Gasteiger charge is 2.39. The van der Waals surface area contributed by atoms with Crippen molar-refractivity contribution in [3.63, 3.8) is 0 Å². The van der Waals surface area contributed by atoms with Crippen LogP contribution in [-0.4, -0.2) is 5.78 Å². The molecular weight excluding hydrogens is 411 g/mol. The molecule has 0 amide bonds. The van der Waals surface area contributed by atoms with Crippen LogP contribution in [0.5, 0.6) is 0 Å². The third kappa shape index (κ3) is 2.40. The smallest absolute Gasteiger partial charge is 0.195 e. The van der Waals surface area contributed by atoms with Gasteiger partial charge in [0.2, 0.25) is 0 Å². The Hall–Kier alpha value is -3.13. The van der Waals surface area contributed by atoms with E-state index in [2.05, 4.69) is 36.4 Å². The van der Waals surface area contributed by atoms with E-state index in [4.69, 9.17) is 23.2 Å². The molecule has 4 aromatic rings. The molecule has 0 unspecified atom stereocenters. The second-order valence-electron chi connectivity index (χ2n) is 7.55. The summed E-state index contributed by atoms with van der Waals surface area (Å²) in [4.78, 5) is 13.8. The molecule has 6 rings (SSSR count). The zero-order valence-corrected chi connectivity index (χ0v) is 17.3. The number of ketones is 1. The lowest BCUT2D eigenvalue weighted by Gasteiger charge is -2.09. The molecule has 0 radical (unpaired) electrons. The highest BCUT2D eigenvalue weighted by atomic mass is 35.5. The summed E-state index contributed by atoms with van der Waals surface area (Å²) in [7, 11) is 0. The van der Waals surface area contributed by atoms with Gasteiger partial charge in [-0.05, 0) is 57.3 Å². The van der Waals surface area contributed by atoms with Gasteiger partial charge in [-0.3, -0.25) is 4.79 Å². The molecule has 0 saturated heterocycles. The minimum absolute atomic E-state index is 0.0381. The second kappa shape index (κ2) is 6.43. The molecule has 0 atom stereocenters. The number of hydrogen-bond donors (Lipinski definition) is 0. The number of allylic oxidation sites excluding steroid dienone is 4. The van der Waals surface area contributed by atoms with Crippen LogP contribution in [0, 0.1) is 0 Å². The number of benzene rings is 4. The normalized spacial score (nSPS) is 14.8. The summed E-state index contributed by atoms with van der Waals surface area (Å²) < 4.78 is 0. The van der Waals surface area contributed by atoms with Crippen LogP contribution in [0.15, 0.2) is 84.9 Å². The Balaban J connectivity index is 1.73. The van der Waals surface area contributed by atoms with Gasteiger partial charge in [-0.1, -0.05) is 83.9 Å². The third-order valence-electron chi connectivity index (χ3n) is 5.91. The van der Waals surface area contributed by atoms with Gasteiger partial charge < -0.3 is 0 Å². The first-order valence-corrected chi connectivity index (χ1v) is 10.5. The Bertz CT molecular complexity index is 1330. The zero-order valence-electron chi connectivity index (χ0n) is 15.7. The first-order valence-electron chi connectivity index (χ1n) is 9.71. The van der Waals surface area contributed by atoms with Crippen molar-refractivity contribution < 1.29 is 4.79 Å². The van der Waals surface area contributed by atoms with Gasteiger partial charge in [-0.25, -0.2) is 0 Å². The van der Waals surface area contributed by atoms with E-state index in [-0.39, 0.29) is 5.78 Å². The molecule has 3 heteroatoms. The van der Waals surface area contributed by atoms with Crippen molar-refractivity contribution in [3.8, 4) is 0 Å². The van der Waals surface area contributed by atoms with Crippen molar-refractivity contribution in [2.45, 2.75) is 0 Å². The number of carbonyl (C=O) groups is 1. The summed E-state index contributed by atoms with van der Waals surface area (Å²) in [6, 6.07) is 27.6. The van der Waals surface area contributed by atoms with E-state index in [1.807, 2.05) is 48.5 Å². The molecule has 2 aliphatic carbocycles. The van der Waals surface area contributed by atoms with E-state index in [1.54, 1.807) is 0 Å². The third-order valence-corrected chi connectivity index (χ3v) is 6.42. The molecular formula is C27H14Cl2O. The number of halogens is 2. The monoisotopic (exact) mass is 424 g/mol. The van der Waals surface area contributed by atoms with Crippen LogP contribution >= 0.6 is 23.2 Å². The minimum Gasteiger partial charge on any atom is -0.289 e. The van der Waals surface area contributed by atoms with Crippen molar-refractivity contribution in [1.82, 2.24) is 0 Å². The molecule has 2 aliphatic rings. The zero-order chi connectivity index (χ0) is 20.4. The number of rotatable bonds is 2. The maximum Gasteiger partial charge on any atom is 0.195 e. The summed E-state index contributed by atoms with van der Waals surface area (Å²) in [6.07, 6.45) is 0. The quantitative estimate of drug-likeness (QED) is 0.324. The summed E-state index contributed by atoms with van der Waals surface area (Å²) in [5.74, 6) is 0.0381. The van der Waals surface area contributed by atoms with E-state index < -0.39 is 0 Å². The van der Waals surface area contributed by atoms with E-state index in [0.717, 1.165) is 44.5 Å². The lowest BCUT2D eigenvalue weighted by molar-refractivity contribution is -0.108. The summed E-state index contributed by atoms with van der Waals surface area (Å²) in [6.45, 7) is 0. The van der Waals surface area contributed by atoms with Crippen LogP contribution in [0.25, 0.3) is 33.1 Å². The first kappa shape index (κ1) is 17.7. The molecule has 4 aromatic carbocycles. The topological polar surface area (TPSA) is 17.1 Å². The van der Waals surface area contributed by atoms with Gasteiger partial charge in [-0.15, -0.1) is 0 Å². The molecule has 0 bridgehead atoms. The average Bonchev–Trinajstić information content (AvgIpc) is 3.23. The first-order chi connectivity index (χ1) is 14.6. The second-order valence-corrected chi connectivity index (χ2v) is 8.43. The van der Waals surface area contributed by atoms with Crippen molar-refractivity contribution >= 4 is 62.0 Å². The molecule has 142 valence electrons. The number of fused-ring (bicyclic) bond motifs is 3. The van der Waals surface area contributed by atoms with E-state index in [9.17, 15) is 4.79 Å². The molecule has 1 nitrogen and oxygen atoms in total. The molecule has 0 spiro atoms. The number of carbonyl (C=O) groups excluding carboxylic acids is 1. The van der Waals surface area contributed by atoms with Crippen LogP contribution in [-0.2, 0) is 4.79 Å². The molecule has 0 fully saturated rings. The minimum atomic E-state index is 0.0381. The predicted octanol–water partition coefficient (Wildman–Crippen LogP) is 7.56. The molecule has 0 heterocycles. The van der Waals surface area contributed by atoms with Gasteiger partial charge in [0.05, 0.1) is 0 Å². The molecule has 0 saturated carbocycles. The summed E-state index contributed by atoms with van der Waals surface area (Å²) in [5, 5.41) is 3.68. The standard InChI is InChI=1S/C27H14Cl2O/c28-18-11-7-16(8-12-18)23-25-20-5-1-3-15-4-2-6-21(22(15)20)26(25)24(27(23)30)17-9-13-19(29)14-10-17/h1-14H. The largest absolute Gasteiger partial charge is 0.289 e. The molecule has 30 heavy (non-hydrogen) atoms. The fourth-order valence-corrected chi connectivity index (χ4v) is 4.93. The van der Waals surface area contributed by atoms with E-state index in [0.29, 0.717) is 10.0 Å². The van der Waals surface area contributed by atoms with Gasteiger partial charge >= 0.3 is 0 Å². The van der Waals surface area contributed by atoms with Crippen LogP contribution in [0.1, 0.15) is 22.3 Å². The molecule has 0 aliphatic heterocycles. The summed E-state index contributed by atoms with van der Waals surface area (Å²) in [5.41, 5.74) is 7.47. The Kier molecular flexibility index (Phi) is 3.80. The maximum absolute atomic E-state index is 13.8. The van der Waals surface area contributed by atoms with Gasteiger partial charge in [0, 0.05) is 32.3 Å². The van der Waals surface area contributed by atoms with Gasteiger partial charge in [0.15, 0.2) is 5.78 Å². The SMILES string of the molecule is O=C1C(c2ccc(Cl)cc2)=C2C(=C1c1ccc(Cl)cc1)c1cccc3cccc2c13. The Labute approximate surface area is 183 Å². The fourth-order valence-electron chi connectivity index (χ4n) is 4.68.